The zero-order chi connectivity index (χ0) is 27.7. The normalized spacial score (nSPS) is 10.9. The third kappa shape index (κ3) is 7.33. The molecular formula is C28H25N3O7S. The maximum absolute atomic E-state index is 13.7. The van der Waals surface area contributed by atoms with E-state index in [0.717, 1.165) is 5.56 Å². The lowest BCUT2D eigenvalue weighted by molar-refractivity contribution is -0.123. The van der Waals surface area contributed by atoms with Gasteiger partial charge < -0.3 is 14.5 Å². The molecule has 200 valence electrons. The summed E-state index contributed by atoms with van der Waals surface area (Å²) in [6, 6.07) is 25.6. The number of nitrogens with zero attached hydrogens (tertiary/aromatic N) is 1. The van der Waals surface area contributed by atoms with Crippen LogP contribution in [0.25, 0.3) is 0 Å². The molecule has 4 rings (SSSR count). The largest absolute Gasteiger partial charge is 0.467 e. The first kappa shape index (κ1) is 27.1. The topological polar surface area (TPSA) is 135 Å². The molecule has 0 saturated carbocycles. The predicted octanol–water partition coefficient (Wildman–Crippen LogP) is 3.86. The van der Waals surface area contributed by atoms with Gasteiger partial charge in [0.25, 0.3) is 15.9 Å². The molecule has 0 radical (unpaired) electrons. The molecule has 1 heterocycles. The Balaban J connectivity index is 1.43. The summed E-state index contributed by atoms with van der Waals surface area (Å²) in [5, 5.41) is 4.45. The second-order valence-corrected chi connectivity index (χ2v) is 10.1. The summed E-state index contributed by atoms with van der Waals surface area (Å²) in [6.07, 6.45) is 1.45. The van der Waals surface area contributed by atoms with Crippen LogP contribution in [0.3, 0.4) is 0 Å². The third-order valence-electron chi connectivity index (χ3n) is 5.46. The lowest BCUT2D eigenvalue weighted by Crippen LogP contribution is -2.41. The minimum absolute atomic E-state index is 0.0669. The molecule has 0 atom stereocenters. The van der Waals surface area contributed by atoms with Gasteiger partial charge in [-0.05, 0) is 48.0 Å². The number of sulfonamides is 1. The summed E-state index contributed by atoms with van der Waals surface area (Å²) < 4.78 is 38.7. The second-order valence-electron chi connectivity index (χ2n) is 8.25. The van der Waals surface area contributed by atoms with Gasteiger partial charge in [-0.3, -0.25) is 14.4 Å². The predicted molar refractivity (Wildman–Crippen MR) is 142 cm³/mol. The summed E-state index contributed by atoms with van der Waals surface area (Å²) in [5.41, 5.74) is 1.16. The van der Waals surface area contributed by atoms with E-state index in [2.05, 4.69) is 5.32 Å². The highest BCUT2D eigenvalue weighted by Crippen LogP contribution is 2.26. The van der Waals surface area contributed by atoms with Gasteiger partial charge in [0.15, 0.2) is 6.61 Å². The highest BCUT2D eigenvalue weighted by molar-refractivity contribution is 7.92. The van der Waals surface area contributed by atoms with Crippen LogP contribution in [0.5, 0.6) is 0 Å². The number of esters is 1. The number of hydrogen-bond donors (Lipinski definition) is 2. The van der Waals surface area contributed by atoms with E-state index in [1.807, 2.05) is 35.6 Å². The molecule has 2 N–H and O–H groups in total. The number of carbonyl (C=O) groups is 3. The van der Waals surface area contributed by atoms with Gasteiger partial charge >= 0.3 is 12.0 Å². The SMILES string of the molecule is O=C(COC(=O)c1cccc(S(=O)(=O)N(Cc2ccccc2)c2ccccc2)c1)NC(=O)NCc1ccco1. The number of anilines is 1. The van der Waals surface area contributed by atoms with E-state index in [0.29, 0.717) is 11.4 Å². The molecule has 0 unspecified atom stereocenters. The van der Waals surface area contributed by atoms with Crippen LogP contribution in [-0.2, 0) is 32.6 Å². The number of para-hydroxylation sites is 1. The van der Waals surface area contributed by atoms with Gasteiger partial charge in [0.2, 0.25) is 0 Å². The number of imide groups is 1. The van der Waals surface area contributed by atoms with Gasteiger partial charge in [0.05, 0.1) is 35.5 Å². The van der Waals surface area contributed by atoms with Crippen LogP contribution in [0.2, 0.25) is 0 Å². The molecule has 3 amide bonds. The fourth-order valence-electron chi connectivity index (χ4n) is 3.57. The van der Waals surface area contributed by atoms with Crippen LogP contribution in [0.15, 0.2) is 113 Å². The van der Waals surface area contributed by atoms with Crippen molar-refractivity contribution in [3.63, 3.8) is 0 Å². The Morgan fingerprint density at radius 3 is 2.26 bits per heavy atom. The number of nitrogens with one attached hydrogen (secondary N) is 2. The van der Waals surface area contributed by atoms with E-state index >= 15 is 0 Å². The Bertz CT molecular complexity index is 1520. The molecule has 0 bridgehead atoms. The molecule has 10 nitrogen and oxygen atoms in total. The fraction of sp³-hybridized carbons (Fsp3) is 0.107. The van der Waals surface area contributed by atoms with Crippen molar-refractivity contribution >= 4 is 33.6 Å². The standard InChI is InChI=1S/C28H25N3O7S/c32-26(30-28(34)29-18-24-14-8-16-37-24)20-38-27(33)22-11-7-15-25(17-22)39(35,36)31(23-12-5-2-6-13-23)19-21-9-3-1-4-10-21/h1-17H,18-20H2,(H2,29,30,32,34). The molecule has 0 aliphatic heterocycles. The van der Waals surface area contributed by atoms with Crippen LogP contribution in [0.1, 0.15) is 21.7 Å². The van der Waals surface area contributed by atoms with E-state index in [4.69, 9.17) is 9.15 Å². The number of rotatable bonds is 10. The molecule has 0 aliphatic carbocycles. The van der Waals surface area contributed by atoms with Crippen LogP contribution in [0, 0.1) is 0 Å². The van der Waals surface area contributed by atoms with Gasteiger partial charge in [-0.1, -0.05) is 54.6 Å². The van der Waals surface area contributed by atoms with Gasteiger partial charge in [0.1, 0.15) is 5.76 Å². The number of furan rings is 1. The van der Waals surface area contributed by atoms with E-state index < -0.39 is 34.5 Å². The maximum Gasteiger partial charge on any atom is 0.338 e. The molecule has 3 aromatic carbocycles. The monoisotopic (exact) mass is 547 g/mol. The first-order valence-corrected chi connectivity index (χ1v) is 13.3. The zero-order valence-electron chi connectivity index (χ0n) is 20.6. The van der Waals surface area contributed by atoms with Gasteiger partial charge in [-0.2, -0.15) is 0 Å². The van der Waals surface area contributed by atoms with Gasteiger partial charge in [0, 0.05) is 0 Å². The van der Waals surface area contributed by atoms with Crippen LogP contribution < -0.4 is 14.9 Å². The van der Waals surface area contributed by atoms with Crippen molar-refractivity contribution in [3.05, 3.63) is 120 Å². The van der Waals surface area contributed by atoms with E-state index in [1.54, 1.807) is 42.5 Å². The average Bonchev–Trinajstić information content (AvgIpc) is 3.48. The minimum atomic E-state index is -4.09. The zero-order valence-corrected chi connectivity index (χ0v) is 21.5. The van der Waals surface area contributed by atoms with Gasteiger partial charge in [-0.15, -0.1) is 0 Å². The second kappa shape index (κ2) is 12.6. The first-order chi connectivity index (χ1) is 18.8. The first-order valence-electron chi connectivity index (χ1n) is 11.8. The lowest BCUT2D eigenvalue weighted by atomic mass is 10.2. The number of ether oxygens (including phenoxy) is 1. The number of hydrogen-bond acceptors (Lipinski definition) is 7. The molecule has 0 spiro atoms. The Hall–Kier alpha value is -4.90. The Morgan fingerprint density at radius 1 is 0.846 bits per heavy atom. The van der Waals surface area contributed by atoms with E-state index in [-0.39, 0.29) is 23.5 Å². The summed E-state index contributed by atoms with van der Waals surface area (Å²) in [5.74, 6) is -1.29. The number of carbonyl (C=O) groups excluding carboxylic acids is 3. The van der Waals surface area contributed by atoms with E-state index in [9.17, 15) is 22.8 Å². The minimum Gasteiger partial charge on any atom is -0.467 e. The fourth-order valence-corrected chi connectivity index (χ4v) is 5.07. The summed E-state index contributed by atoms with van der Waals surface area (Å²) in [4.78, 5) is 36.3. The number of benzene rings is 3. The molecular weight excluding hydrogens is 522 g/mol. The summed E-state index contributed by atoms with van der Waals surface area (Å²) in [6.45, 7) is -0.602. The van der Waals surface area contributed by atoms with Crippen LogP contribution in [0.4, 0.5) is 10.5 Å². The van der Waals surface area contributed by atoms with Crippen LogP contribution in [-0.4, -0.2) is 32.9 Å². The van der Waals surface area contributed by atoms with Gasteiger partial charge in [-0.25, -0.2) is 18.0 Å². The molecule has 0 saturated heterocycles. The van der Waals surface area contributed by atoms with E-state index in [1.165, 1.54) is 34.8 Å². The molecule has 11 heteroatoms. The maximum atomic E-state index is 13.7. The quantitative estimate of drug-likeness (QED) is 0.288. The van der Waals surface area contributed by atoms with Crippen molar-refractivity contribution in [2.75, 3.05) is 10.9 Å². The van der Waals surface area contributed by atoms with Crippen molar-refractivity contribution in [2.45, 2.75) is 18.0 Å². The molecule has 0 aliphatic rings. The Labute approximate surface area is 225 Å². The van der Waals surface area contributed by atoms with Crippen LogP contribution >= 0.6 is 0 Å². The van der Waals surface area contributed by atoms with Crippen molar-refractivity contribution in [1.29, 1.82) is 0 Å². The molecule has 4 aromatic rings. The summed E-state index contributed by atoms with van der Waals surface area (Å²) in [7, 11) is -4.09. The molecule has 39 heavy (non-hydrogen) atoms. The Kier molecular flexibility index (Phi) is 8.75. The van der Waals surface area contributed by atoms with Crippen molar-refractivity contribution in [3.8, 4) is 0 Å². The van der Waals surface area contributed by atoms with Crippen molar-refractivity contribution in [1.82, 2.24) is 10.6 Å². The smallest absolute Gasteiger partial charge is 0.338 e. The number of urea groups is 1. The third-order valence-corrected chi connectivity index (χ3v) is 7.23. The summed E-state index contributed by atoms with van der Waals surface area (Å²) >= 11 is 0. The van der Waals surface area contributed by atoms with Crippen molar-refractivity contribution in [2.24, 2.45) is 0 Å². The molecule has 0 fully saturated rings. The highest BCUT2D eigenvalue weighted by Gasteiger charge is 2.26. The lowest BCUT2D eigenvalue weighted by Gasteiger charge is -2.25. The van der Waals surface area contributed by atoms with Crippen molar-refractivity contribution < 1.29 is 32.0 Å². The highest BCUT2D eigenvalue weighted by atomic mass is 32.2. The average molecular weight is 548 g/mol. The molecule has 1 aromatic heterocycles. The Morgan fingerprint density at radius 2 is 1.56 bits per heavy atom. The number of amides is 3.